The van der Waals surface area contributed by atoms with Crippen molar-refractivity contribution in [2.75, 3.05) is 11.9 Å². The number of nitriles is 1. The highest BCUT2D eigenvalue weighted by Gasteiger charge is 2.25. The summed E-state index contributed by atoms with van der Waals surface area (Å²) in [6.07, 6.45) is 0.758. The van der Waals surface area contributed by atoms with Crippen LogP contribution in [0, 0.1) is 25.2 Å². The smallest absolute Gasteiger partial charge is 0.335 e. The number of nitrogens with zero attached hydrogens (tertiary/aromatic N) is 4. The molecule has 2 heterocycles. The Morgan fingerprint density at radius 2 is 1.77 bits per heavy atom. The highest BCUT2D eigenvalue weighted by atomic mass is 16.5. The molecular formula is C31H29N5O3. The summed E-state index contributed by atoms with van der Waals surface area (Å²) in [6, 6.07) is 22.9. The Hall–Kier alpha value is -4.74. The molecule has 1 aliphatic rings. The molecule has 0 fully saturated rings. The number of hydrogen-bond acceptors (Lipinski definition) is 7. The summed E-state index contributed by atoms with van der Waals surface area (Å²) in [5.74, 6) is 0.679. The predicted molar refractivity (Wildman–Crippen MR) is 148 cm³/mol. The van der Waals surface area contributed by atoms with Gasteiger partial charge in [-0.2, -0.15) is 10.2 Å². The molecule has 8 heteroatoms. The standard InChI is InChI=1S/C31H29N5O3/c1-20-14-24(16-32)15-21(2)28(20)39-29-26-19-36(18-23-6-4-3-5-7-23)13-12-27(26)34-31(35-29)33-17-22-8-10-25(11-9-22)30(37)38/h3-11,14-15H,12-13,17-19H2,1-2H3,(H,37,38)(H,33,34,35). The molecule has 3 aromatic carbocycles. The van der Waals surface area contributed by atoms with Crippen LogP contribution in [0.25, 0.3) is 0 Å². The zero-order chi connectivity index (χ0) is 27.4. The largest absolute Gasteiger partial charge is 0.478 e. The molecule has 1 aromatic heterocycles. The van der Waals surface area contributed by atoms with Crippen molar-refractivity contribution < 1.29 is 14.6 Å². The first kappa shape index (κ1) is 25.9. The zero-order valence-electron chi connectivity index (χ0n) is 21.9. The van der Waals surface area contributed by atoms with Gasteiger partial charge in [-0.1, -0.05) is 42.5 Å². The highest BCUT2D eigenvalue weighted by Crippen LogP contribution is 2.34. The summed E-state index contributed by atoms with van der Waals surface area (Å²) in [5.41, 5.74) is 6.62. The number of ether oxygens (including phenoxy) is 1. The molecule has 39 heavy (non-hydrogen) atoms. The second kappa shape index (κ2) is 11.3. The molecule has 0 spiro atoms. The van der Waals surface area contributed by atoms with Crippen molar-refractivity contribution in [2.24, 2.45) is 0 Å². The average Bonchev–Trinajstić information content (AvgIpc) is 2.94. The predicted octanol–water partition coefficient (Wildman–Crippen LogP) is 5.63. The van der Waals surface area contributed by atoms with E-state index < -0.39 is 5.97 Å². The number of carboxylic acid groups (broad SMARTS) is 1. The van der Waals surface area contributed by atoms with E-state index in [-0.39, 0.29) is 5.56 Å². The number of aryl methyl sites for hydroxylation is 2. The van der Waals surface area contributed by atoms with Crippen molar-refractivity contribution in [3.8, 4) is 17.7 Å². The van der Waals surface area contributed by atoms with Crippen LogP contribution in [0.4, 0.5) is 5.95 Å². The van der Waals surface area contributed by atoms with Crippen molar-refractivity contribution in [1.82, 2.24) is 14.9 Å². The number of rotatable bonds is 8. The van der Waals surface area contributed by atoms with Crippen LogP contribution in [-0.2, 0) is 26.1 Å². The fourth-order valence-corrected chi connectivity index (χ4v) is 4.80. The molecule has 0 bridgehead atoms. The second-order valence-corrected chi connectivity index (χ2v) is 9.73. The summed E-state index contributed by atoms with van der Waals surface area (Å²) < 4.78 is 6.48. The van der Waals surface area contributed by atoms with E-state index >= 15 is 0 Å². The molecule has 0 atom stereocenters. The van der Waals surface area contributed by atoms with Crippen molar-refractivity contribution in [1.29, 1.82) is 5.26 Å². The molecule has 1 aliphatic heterocycles. The number of hydrogen-bond donors (Lipinski definition) is 2. The Morgan fingerprint density at radius 1 is 1.05 bits per heavy atom. The van der Waals surface area contributed by atoms with Gasteiger partial charge in [0, 0.05) is 32.6 Å². The van der Waals surface area contributed by atoms with Crippen LogP contribution in [0.3, 0.4) is 0 Å². The van der Waals surface area contributed by atoms with Gasteiger partial charge in [0.25, 0.3) is 0 Å². The number of benzene rings is 3. The number of nitrogens with one attached hydrogen (secondary N) is 1. The van der Waals surface area contributed by atoms with Gasteiger partial charge in [0.15, 0.2) is 0 Å². The van der Waals surface area contributed by atoms with E-state index in [0.29, 0.717) is 36.2 Å². The molecule has 8 nitrogen and oxygen atoms in total. The average molecular weight is 520 g/mol. The summed E-state index contributed by atoms with van der Waals surface area (Å²) >= 11 is 0. The summed E-state index contributed by atoms with van der Waals surface area (Å²) in [7, 11) is 0. The Kier molecular flexibility index (Phi) is 7.53. The van der Waals surface area contributed by atoms with Gasteiger partial charge in [0.2, 0.25) is 11.8 Å². The van der Waals surface area contributed by atoms with Gasteiger partial charge in [-0.15, -0.1) is 0 Å². The van der Waals surface area contributed by atoms with Gasteiger partial charge in [-0.05, 0) is 60.4 Å². The molecule has 2 N–H and O–H groups in total. The van der Waals surface area contributed by atoms with Crippen LogP contribution in [0.2, 0.25) is 0 Å². The first-order chi connectivity index (χ1) is 18.9. The Bertz CT molecular complexity index is 1520. The van der Waals surface area contributed by atoms with E-state index in [1.807, 2.05) is 32.0 Å². The van der Waals surface area contributed by atoms with Crippen molar-refractivity contribution in [3.63, 3.8) is 0 Å². The van der Waals surface area contributed by atoms with Crippen LogP contribution in [-0.4, -0.2) is 32.5 Å². The highest BCUT2D eigenvalue weighted by molar-refractivity contribution is 5.87. The SMILES string of the molecule is Cc1cc(C#N)cc(C)c1Oc1nc(NCc2ccc(C(=O)O)cc2)nc2c1CN(Cc1ccccc1)CC2. The first-order valence-electron chi connectivity index (χ1n) is 12.8. The maximum absolute atomic E-state index is 11.2. The Labute approximate surface area is 227 Å². The molecule has 4 aromatic rings. The summed E-state index contributed by atoms with van der Waals surface area (Å²) in [6.45, 7) is 6.64. The topological polar surface area (TPSA) is 111 Å². The second-order valence-electron chi connectivity index (χ2n) is 9.73. The van der Waals surface area contributed by atoms with Gasteiger partial charge in [-0.3, -0.25) is 4.90 Å². The third-order valence-electron chi connectivity index (χ3n) is 6.79. The zero-order valence-corrected chi connectivity index (χ0v) is 21.9. The first-order valence-corrected chi connectivity index (χ1v) is 12.8. The number of aromatic nitrogens is 2. The van der Waals surface area contributed by atoms with Gasteiger partial charge >= 0.3 is 5.97 Å². The van der Waals surface area contributed by atoms with E-state index in [1.54, 1.807) is 24.3 Å². The van der Waals surface area contributed by atoms with Crippen LogP contribution >= 0.6 is 0 Å². The lowest BCUT2D eigenvalue weighted by molar-refractivity contribution is 0.0697. The summed E-state index contributed by atoms with van der Waals surface area (Å²) in [5, 5.41) is 21.8. The maximum atomic E-state index is 11.2. The van der Waals surface area contributed by atoms with Crippen LogP contribution in [0.1, 0.15) is 49.4 Å². The van der Waals surface area contributed by atoms with Crippen molar-refractivity contribution in [3.05, 3.63) is 111 Å². The molecule has 0 saturated heterocycles. The van der Waals surface area contributed by atoms with E-state index in [2.05, 4.69) is 40.6 Å². The fraction of sp³-hybridized carbons (Fsp3) is 0.226. The van der Waals surface area contributed by atoms with E-state index in [1.165, 1.54) is 5.56 Å². The van der Waals surface area contributed by atoms with E-state index in [4.69, 9.17) is 19.8 Å². The molecule has 5 rings (SSSR count). The molecule has 0 amide bonds. The third-order valence-corrected chi connectivity index (χ3v) is 6.79. The fourth-order valence-electron chi connectivity index (χ4n) is 4.80. The minimum Gasteiger partial charge on any atom is -0.478 e. The van der Waals surface area contributed by atoms with E-state index in [9.17, 15) is 10.1 Å². The molecule has 196 valence electrons. The van der Waals surface area contributed by atoms with Gasteiger partial charge in [0.05, 0.1) is 28.5 Å². The Balaban J connectivity index is 1.44. The normalized spacial score (nSPS) is 12.8. The minimum atomic E-state index is -0.955. The van der Waals surface area contributed by atoms with Crippen molar-refractivity contribution >= 4 is 11.9 Å². The van der Waals surface area contributed by atoms with Gasteiger partial charge in [-0.25, -0.2) is 9.78 Å². The van der Waals surface area contributed by atoms with E-state index in [0.717, 1.165) is 47.5 Å². The number of anilines is 1. The third kappa shape index (κ3) is 6.06. The van der Waals surface area contributed by atoms with Gasteiger partial charge < -0.3 is 15.2 Å². The minimum absolute atomic E-state index is 0.243. The van der Waals surface area contributed by atoms with Crippen LogP contribution < -0.4 is 10.1 Å². The van der Waals surface area contributed by atoms with Crippen molar-refractivity contribution in [2.45, 2.75) is 39.9 Å². The Morgan fingerprint density at radius 3 is 2.44 bits per heavy atom. The lowest BCUT2D eigenvalue weighted by Gasteiger charge is -2.29. The maximum Gasteiger partial charge on any atom is 0.335 e. The lowest BCUT2D eigenvalue weighted by Crippen LogP contribution is -2.31. The molecule has 0 saturated carbocycles. The molecular weight excluding hydrogens is 490 g/mol. The molecule has 0 unspecified atom stereocenters. The monoisotopic (exact) mass is 519 g/mol. The number of carboxylic acids is 1. The quantitative estimate of drug-likeness (QED) is 0.308. The number of aromatic carboxylic acids is 1. The van der Waals surface area contributed by atoms with Crippen LogP contribution in [0.15, 0.2) is 66.7 Å². The molecule has 0 radical (unpaired) electrons. The number of carbonyl (C=O) groups is 1. The lowest BCUT2D eigenvalue weighted by atomic mass is 10.0. The van der Waals surface area contributed by atoms with Gasteiger partial charge in [0.1, 0.15) is 5.75 Å². The number of fused-ring (bicyclic) bond motifs is 1. The summed E-state index contributed by atoms with van der Waals surface area (Å²) in [4.78, 5) is 23.1. The van der Waals surface area contributed by atoms with Crippen LogP contribution in [0.5, 0.6) is 11.6 Å². The molecule has 0 aliphatic carbocycles.